The highest BCUT2D eigenvalue weighted by Gasteiger charge is 2.31. The SMILES string of the molecule is CC1CC(C(=O)O)CN(C(=O)NCc2ccnc(OC3CCCC3)c2)C1. The number of ether oxygens (including phenoxy) is 1. The van der Waals surface area contributed by atoms with Crippen LogP contribution in [0.1, 0.15) is 44.6 Å². The number of piperidine rings is 1. The molecule has 2 heterocycles. The molecule has 0 radical (unpaired) electrons. The number of carboxylic acid groups (broad SMARTS) is 1. The molecular formula is C19H27N3O4. The smallest absolute Gasteiger partial charge is 0.317 e. The first-order valence-corrected chi connectivity index (χ1v) is 9.38. The van der Waals surface area contributed by atoms with Crippen LogP contribution in [0.5, 0.6) is 5.88 Å². The zero-order valence-corrected chi connectivity index (χ0v) is 15.2. The molecule has 2 amide bonds. The Labute approximate surface area is 153 Å². The second kappa shape index (κ2) is 8.38. The molecule has 1 aromatic heterocycles. The van der Waals surface area contributed by atoms with E-state index in [1.54, 1.807) is 11.1 Å². The van der Waals surface area contributed by atoms with Gasteiger partial charge in [-0.25, -0.2) is 9.78 Å². The van der Waals surface area contributed by atoms with Crippen LogP contribution in [-0.4, -0.2) is 46.2 Å². The van der Waals surface area contributed by atoms with E-state index < -0.39 is 11.9 Å². The first-order chi connectivity index (χ1) is 12.5. The molecule has 2 N–H and O–H groups in total. The van der Waals surface area contributed by atoms with Crippen LogP contribution in [-0.2, 0) is 11.3 Å². The lowest BCUT2D eigenvalue weighted by atomic mass is 9.91. The van der Waals surface area contributed by atoms with Crippen LogP contribution in [0.4, 0.5) is 4.79 Å². The molecule has 7 heteroatoms. The molecule has 7 nitrogen and oxygen atoms in total. The van der Waals surface area contributed by atoms with Crippen molar-refractivity contribution in [2.24, 2.45) is 11.8 Å². The lowest BCUT2D eigenvalue weighted by Crippen LogP contribution is -2.49. The van der Waals surface area contributed by atoms with Gasteiger partial charge in [0.1, 0.15) is 6.10 Å². The molecule has 1 aliphatic carbocycles. The highest BCUT2D eigenvalue weighted by molar-refractivity contribution is 5.76. The molecule has 3 rings (SSSR count). The van der Waals surface area contributed by atoms with Gasteiger partial charge in [-0.3, -0.25) is 4.79 Å². The number of amides is 2. The number of hydrogen-bond acceptors (Lipinski definition) is 4. The highest BCUT2D eigenvalue weighted by atomic mass is 16.5. The molecule has 0 aromatic carbocycles. The van der Waals surface area contributed by atoms with Crippen LogP contribution in [0.25, 0.3) is 0 Å². The number of likely N-dealkylation sites (tertiary alicyclic amines) is 1. The van der Waals surface area contributed by atoms with E-state index in [0.29, 0.717) is 25.4 Å². The number of rotatable bonds is 5. The van der Waals surface area contributed by atoms with Crippen molar-refractivity contribution in [3.63, 3.8) is 0 Å². The van der Waals surface area contributed by atoms with Crippen LogP contribution in [0, 0.1) is 11.8 Å². The Morgan fingerprint density at radius 3 is 2.85 bits per heavy atom. The fourth-order valence-electron chi connectivity index (χ4n) is 3.79. The summed E-state index contributed by atoms with van der Waals surface area (Å²) in [6, 6.07) is 3.48. The third-order valence-electron chi connectivity index (χ3n) is 5.13. The molecule has 26 heavy (non-hydrogen) atoms. The van der Waals surface area contributed by atoms with Crippen molar-refractivity contribution in [3.05, 3.63) is 23.9 Å². The van der Waals surface area contributed by atoms with Crippen LogP contribution >= 0.6 is 0 Å². The maximum atomic E-state index is 12.4. The van der Waals surface area contributed by atoms with Gasteiger partial charge < -0.3 is 20.1 Å². The van der Waals surface area contributed by atoms with Gasteiger partial charge in [0, 0.05) is 31.9 Å². The van der Waals surface area contributed by atoms with Crippen LogP contribution in [0.2, 0.25) is 0 Å². The summed E-state index contributed by atoms with van der Waals surface area (Å²) in [6.45, 7) is 3.19. The van der Waals surface area contributed by atoms with Crippen molar-refractivity contribution in [2.75, 3.05) is 13.1 Å². The summed E-state index contributed by atoms with van der Waals surface area (Å²) in [5.41, 5.74) is 0.918. The lowest BCUT2D eigenvalue weighted by Gasteiger charge is -2.34. The van der Waals surface area contributed by atoms with Gasteiger partial charge in [-0.15, -0.1) is 0 Å². The topological polar surface area (TPSA) is 91.8 Å². The van der Waals surface area contributed by atoms with Crippen molar-refractivity contribution in [2.45, 2.75) is 51.7 Å². The fraction of sp³-hybridized carbons (Fsp3) is 0.632. The van der Waals surface area contributed by atoms with Gasteiger partial charge in [0.25, 0.3) is 0 Å². The Hall–Kier alpha value is -2.31. The van der Waals surface area contributed by atoms with Gasteiger partial charge in [-0.05, 0) is 49.7 Å². The maximum absolute atomic E-state index is 12.4. The van der Waals surface area contributed by atoms with Crippen molar-refractivity contribution in [1.29, 1.82) is 0 Å². The first-order valence-electron chi connectivity index (χ1n) is 9.38. The molecule has 142 valence electrons. The number of carbonyl (C=O) groups is 2. The van der Waals surface area contributed by atoms with Gasteiger partial charge in [0.15, 0.2) is 0 Å². The van der Waals surface area contributed by atoms with E-state index in [1.165, 1.54) is 12.8 Å². The average molecular weight is 361 g/mol. The van der Waals surface area contributed by atoms with Gasteiger partial charge in [-0.1, -0.05) is 6.92 Å². The summed E-state index contributed by atoms with van der Waals surface area (Å²) in [4.78, 5) is 29.5. The minimum absolute atomic E-state index is 0.183. The highest BCUT2D eigenvalue weighted by Crippen LogP contribution is 2.24. The van der Waals surface area contributed by atoms with Gasteiger partial charge in [0.05, 0.1) is 5.92 Å². The van der Waals surface area contributed by atoms with Crippen LogP contribution in [0.15, 0.2) is 18.3 Å². The zero-order chi connectivity index (χ0) is 18.5. The Bertz CT molecular complexity index is 645. The molecule has 2 fully saturated rings. The third kappa shape index (κ3) is 4.86. The van der Waals surface area contributed by atoms with Crippen LogP contribution < -0.4 is 10.1 Å². The van der Waals surface area contributed by atoms with E-state index in [0.717, 1.165) is 18.4 Å². The first kappa shape index (κ1) is 18.5. The Morgan fingerprint density at radius 1 is 1.35 bits per heavy atom. The molecule has 1 saturated carbocycles. The normalized spacial score (nSPS) is 23.7. The van der Waals surface area contributed by atoms with Crippen molar-refractivity contribution >= 4 is 12.0 Å². The quantitative estimate of drug-likeness (QED) is 0.841. The second-order valence-electron chi connectivity index (χ2n) is 7.47. The van der Waals surface area contributed by atoms with Crippen LogP contribution in [0.3, 0.4) is 0 Å². The summed E-state index contributed by atoms with van der Waals surface area (Å²) >= 11 is 0. The molecule has 1 aromatic rings. The summed E-state index contributed by atoms with van der Waals surface area (Å²) in [6.07, 6.45) is 7.09. The summed E-state index contributed by atoms with van der Waals surface area (Å²) in [7, 11) is 0. The molecule has 1 aliphatic heterocycles. The number of carboxylic acids is 1. The predicted octanol–water partition coefficient (Wildman–Crippen LogP) is 2.66. The van der Waals surface area contributed by atoms with Crippen molar-refractivity contribution in [1.82, 2.24) is 15.2 Å². The van der Waals surface area contributed by atoms with Gasteiger partial charge >= 0.3 is 12.0 Å². The average Bonchev–Trinajstić information content (AvgIpc) is 3.12. The minimum atomic E-state index is -0.836. The minimum Gasteiger partial charge on any atom is -0.481 e. The Morgan fingerprint density at radius 2 is 2.12 bits per heavy atom. The van der Waals surface area contributed by atoms with E-state index in [4.69, 9.17) is 4.74 Å². The van der Waals surface area contributed by atoms with E-state index in [2.05, 4.69) is 10.3 Å². The standard InChI is InChI=1S/C19H27N3O4/c1-13-8-15(18(23)24)12-22(11-13)19(25)21-10-14-6-7-20-17(9-14)26-16-4-2-3-5-16/h6-7,9,13,15-16H,2-5,8,10-12H2,1H3,(H,21,25)(H,23,24). The number of urea groups is 1. The van der Waals surface area contributed by atoms with E-state index in [9.17, 15) is 14.7 Å². The molecule has 2 aliphatic rings. The number of aromatic nitrogens is 1. The summed E-state index contributed by atoms with van der Waals surface area (Å²) in [5, 5.41) is 12.1. The molecule has 1 saturated heterocycles. The molecule has 2 unspecified atom stereocenters. The number of hydrogen-bond donors (Lipinski definition) is 2. The number of nitrogens with zero attached hydrogens (tertiary/aromatic N) is 2. The fourth-order valence-corrected chi connectivity index (χ4v) is 3.79. The Balaban J connectivity index is 1.53. The molecule has 0 spiro atoms. The maximum Gasteiger partial charge on any atom is 0.317 e. The monoisotopic (exact) mass is 361 g/mol. The second-order valence-corrected chi connectivity index (χ2v) is 7.47. The van der Waals surface area contributed by atoms with Gasteiger partial charge in [0.2, 0.25) is 5.88 Å². The largest absolute Gasteiger partial charge is 0.481 e. The molecular weight excluding hydrogens is 334 g/mol. The van der Waals surface area contributed by atoms with Crippen molar-refractivity contribution in [3.8, 4) is 5.88 Å². The summed E-state index contributed by atoms with van der Waals surface area (Å²) < 4.78 is 5.89. The number of nitrogens with one attached hydrogen (secondary N) is 1. The third-order valence-corrected chi connectivity index (χ3v) is 5.13. The zero-order valence-electron chi connectivity index (χ0n) is 15.2. The molecule has 2 atom stereocenters. The molecule has 0 bridgehead atoms. The lowest BCUT2D eigenvalue weighted by molar-refractivity contribution is -0.143. The van der Waals surface area contributed by atoms with Crippen molar-refractivity contribution < 1.29 is 19.4 Å². The Kier molecular flexibility index (Phi) is 5.96. The van der Waals surface area contributed by atoms with E-state index in [1.807, 2.05) is 19.1 Å². The van der Waals surface area contributed by atoms with Gasteiger partial charge in [-0.2, -0.15) is 0 Å². The number of carbonyl (C=O) groups excluding carboxylic acids is 1. The number of aliphatic carboxylic acids is 1. The van der Waals surface area contributed by atoms with E-state index in [-0.39, 0.29) is 24.6 Å². The van der Waals surface area contributed by atoms with E-state index >= 15 is 0 Å². The predicted molar refractivity (Wildman–Crippen MR) is 95.8 cm³/mol. The number of pyridine rings is 1. The summed E-state index contributed by atoms with van der Waals surface area (Å²) in [5.74, 6) is -0.543.